The third-order valence-corrected chi connectivity index (χ3v) is 6.78. The van der Waals surface area contributed by atoms with Crippen LogP contribution in [0.5, 0.6) is 0 Å². The van der Waals surface area contributed by atoms with Gasteiger partial charge in [0.15, 0.2) is 0 Å². The third kappa shape index (κ3) is 4.48. The fourth-order valence-electron chi connectivity index (χ4n) is 3.74. The molecule has 3 aromatic carbocycles. The van der Waals surface area contributed by atoms with Crippen molar-refractivity contribution in [2.45, 2.75) is 25.1 Å². The number of amides is 2. The molecular weight excluding hydrogens is 428 g/mol. The Hall–Kier alpha value is -2.76. The van der Waals surface area contributed by atoms with Crippen molar-refractivity contribution >= 4 is 46.6 Å². The van der Waals surface area contributed by atoms with Crippen LogP contribution in [0.4, 0.5) is 11.4 Å². The van der Waals surface area contributed by atoms with Crippen molar-refractivity contribution in [3.05, 3.63) is 94.5 Å². The summed E-state index contributed by atoms with van der Waals surface area (Å²) in [4.78, 5) is 27.4. The molecule has 4 nitrogen and oxygen atoms in total. The van der Waals surface area contributed by atoms with Crippen molar-refractivity contribution in [1.29, 1.82) is 0 Å². The molecule has 1 unspecified atom stereocenters. The second-order valence-electron chi connectivity index (χ2n) is 7.70. The number of carbonyl (C=O) groups is 2. The van der Waals surface area contributed by atoms with Crippen LogP contribution in [0.2, 0.25) is 5.02 Å². The lowest BCUT2D eigenvalue weighted by Crippen LogP contribution is -2.29. The predicted octanol–water partition coefficient (Wildman–Crippen LogP) is 6.49. The van der Waals surface area contributed by atoms with Gasteiger partial charge in [0.05, 0.1) is 16.3 Å². The Morgan fingerprint density at radius 1 is 1.06 bits per heavy atom. The third-order valence-electron chi connectivity index (χ3n) is 5.23. The van der Waals surface area contributed by atoms with E-state index in [1.807, 2.05) is 47.4 Å². The molecule has 1 aliphatic rings. The molecule has 0 bridgehead atoms. The van der Waals surface area contributed by atoms with E-state index in [0.29, 0.717) is 27.9 Å². The van der Waals surface area contributed by atoms with E-state index in [1.54, 1.807) is 36.0 Å². The molecule has 0 radical (unpaired) electrons. The molecular formula is C25H23ClN2O2S. The van der Waals surface area contributed by atoms with Crippen LogP contribution in [0.3, 0.4) is 0 Å². The summed E-state index contributed by atoms with van der Waals surface area (Å²) in [7, 11) is 0. The average molecular weight is 451 g/mol. The van der Waals surface area contributed by atoms with Crippen LogP contribution >= 0.6 is 23.4 Å². The maximum absolute atomic E-state index is 12.8. The van der Waals surface area contributed by atoms with Crippen molar-refractivity contribution in [1.82, 2.24) is 0 Å². The monoisotopic (exact) mass is 450 g/mol. The largest absolute Gasteiger partial charge is 0.322 e. The second kappa shape index (κ2) is 9.16. The highest BCUT2D eigenvalue weighted by Gasteiger charge is 2.35. The Labute approximate surface area is 191 Å². The normalized spacial score (nSPS) is 16.1. The maximum Gasteiger partial charge on any atom is 0.257 e. The van der Waals surface area contributed by atoms with Gasteiger partial charge in [-0.15, -0.1) is 11.8 Å². The SMILES string of the molecule is CC(C)c1ccccc1N1C(=O)CSC1c1cccc(NC(=O)c2ccccc2Cl)c1. The molecule has 158 valence electrons. The first-order valence-electron chi connectivity index (χ1n) is 10.1. The van der Waals surface area contributed by atoms with E-state index in [2.05, 4.69) is 25.2 Å². The number of carbonyl (C=O) groups excluding carboxylic acids is 2. The summed E-state index contributed by atoms with van der Waals surface area (Å²) in [5, 5.41) is 3.18. The Kier molecular flexibility index (Phi) is 6.35. The van der Waals surface area contributed by atoms with Gasteiger partial charge in [-0.3, -0.25) is 14.5 Å². The number of nitrogens with zero attached hydrogens (tertiary/aromatic N) is 1. The fourth-order valence-corrected chi connectivity index (χ4v) is 5.12. The molecule has 1 atom stereocenters. The van der Waals surface area contributed by atoms with Gasteiger partial charge >= 0.3 is 0 Å². The van der Waals surface area contributed by atoms with Crippen molar-refractivity contribution < 1.29 is 9.59 Å². The molecule has 1 aliphatic heterocycles. The molecule has 1 N–H and O–H groups in total. The highest BCUT2D eigenvalue weighted by atomic mass is 35.5. The van der Waals surface area contributed by atoms with Crippen LogP contribution in [0.25, 0.3) is 0 Å². The van der Waals surface area contributed by atoms with Gasteiger partial charge in [0.2, 0.25) is 5.91 Å². The number of anilines is 2. The van der Waals surface area contributed by atoms with Gasteiger partial charge in [0, 0.05) is 11.4 Å². The summed E-state index contributed by atoms with van der Waals surface area (Å²) in [5.41, 5.74) is 4.15. The molecule has 31 heavy (non-hydrogen) atoms. The quantitative estimate of drug-likeness (QED) is 0.483. The molecule has 2 amide bonds. The summed E-state index contributed by atoms with van der Waals surface area (Å²) in [6.45, 7) is 4.26. The fraction of sp³-hybridized carbons (Fsp3) is 0.200. The Morgan fingerprint density at radius 3 is 2.58 bits per heavy atom. The van der Waals surface area contributed by atoms with E-state index >= 15 is 0 Å². The number of thioether (sulfide) groups is 1. The summed E-state index contributed by atoms with van der Waals surface area (Å²) < 4.78 is 0. The minimum atomic E-state index is -0.264. The highest BCUT2D eigenvalue weighted by molar-refractivity contribution is 8.00. The molecule has 1 heterocycles. The van der Waals surface area contributed by atoms with Crippen LogP contribution < -0.4 is 10.2 Å². The lowest BCUT2D eigenvalue weighted by Gasteiger charge is -2.28. The van der Waals surface area contributed by atoms with Gasteiger partial charge in [-0.2, -0.15) is 0 Å². The number of halogens is 1. The molecule has 0 aromatic heterocycles. The van der Waals surface area contributed by atoms with Gasteiger partial charge in [0.1, 0.15) is 5.37 Å². The second-order valence-corrected chi connectivity index (χ2v) is 9.18. The number of benzene rings is 3. The summed E-state index contributed by atoms with van der Waals surface area (Å²) in [6.07, 6.45) is 0. The standard InChI is InChI=1S/C25H23ClN2O2S/c1-16(2)19-10-4-6-13-22(19)28-23(29)15-31-25(28)17-8-7-9-18(14-17)27-24(30)20-11-3-5-12-21(20)26/h3-14,16,25H,15H2,1-2H3,(H,27,30). The highest BCUT2D eigenvalue weighted by Crippen LogP contribution is 2.44. The summed E-state index contributed by atoms with van der Waals surface area (Å²) >= 11 is 7.75. The molecule has 1 fully saturated rings. The van der Waals surface area contributed by atoms with Crippen molar-refractivity contribution in [2.75, 3.05) is 16.0 Å². The Morgan fingerprint density at radius 2 is 1.81 bits per heavy atom. The van der Waals surface area contributed by atoms with Gasteiger partial charge in [-0.25, -0.2) is 0 Å². The summed E-state index contributed by atoms with van der Waals surface area (Å²) in [5.74, 6) is 0.554. The van der Waals surface area contributed by atoms with Crippen molar-refractivity contribution in [3.63, 3.8) is 0 Å². The number of nitrogens with one attached hydrogen (secondary N) is 1. The molecule has 1 saturated heterocycles. The van der Waals surface area contributed by atoms with E-state index in [9.17, 15) is 9.59 Å². The molecule has 4 rings (SSSR count). The van der Waals surface area contributed by atoms with Gasteiger partial charge in [-0.1, -0.05) is 67.9 Å². The Bertz CT molecular complexity index is 1130. The Balaban J connectivity index is 1.63. The first kappa shape index (κ1) is 21.5. The van der Waals surface area contributed by atoms with E-state index in [4.69, 9.17) is 11.6 Å². The van der Waals surface area contributed by atoms with Crippen LogP contribution in [0.15, 0.2) is 72.8 Å². The van der Waals surface area contributed by atoms with E-state index in [-0.39, 0.29) is 17.2 Å². The number of hydrogen-bond acceptors (Lipinski definition) is 3. The number of rotatable bonds is 5. The van der Waals surface area contributed by atoms with Crippen molar-refractivity contribution in [2.24, 2.45) is 0 Å². The average Bonchev–Trinajstić information content (AvgIpc) is 3.15. The zero-order chi connectivity index (χ0) is 22.0. The molecule has 6 heteroatoms. The van der Waals surface area contributed by atoms with E-state index in [1.165, 1.54) is 0 Å². The number of para-hydroxylation sites is 1. The van der Waals surface area contributed by atoms with Crippen LogP contribution in [-0.2, 0) is 4.79 Å². The van der Waals surface area contributed by atoms with Gasteiger partial charge < -0.3 is 5.32 Å². The molecule has 3 aromatic rings. The van der Waals surface area contributed by atoms with Crippen LogP contribution in [0.1, 0.15) is 46.6 Å². The van der Waals surface area contributed by atoms with Crippen molar-refractivity contribution in [3.8, 4) is 0 Å². The van der Waals surface area contributed by atoms with E-state index in [0.717, 1.165) is 16.8 Å². The summed E-state index contributed by atoms with van der Waals surface area (Å²) in [6, 6.07) is 22.7. The first-order valence-corrected chi connectivity index (χ1v) is 11.6. The first-order chi connectivity index (χ1) is 15.0. The smallest absolute Gasteiger partial charge is 0.257 e. The van der Waals surface area contributed by atoms with Gasteiger partial charge in [-0.05, 0) is 47.4 Å². The van der Waals surface area contributed by atoms with Gasteiger partial charge in [0.25, 0.3) is 5.91 Å². The zero-order valence-electron chi connectivity index (χ0n) is 17.3. The topological polar surface area (TPSA) is 49.4 Å². The minimum Gasteiger partial charge on any atom is -0.322 e. The minimum absolute atomic E-state index is 0.0913. The molecule has 0 aliphatic carbocycles. The van der Waals surface area contributed by atoms with Crippen LogP contribution in [0, 0.1) is 0 Å². The maximum atomic E-state index is 12.8. The molecule has 0 saturated carbocycles. The zero-order valence-corrected chi connectivity index (χ0v) is 18.9. The number of hydrogen-bond donors (Lipinski definition) is 1. The lowest BCUT2D eigenvalue weighted by molar-refractivity contribution is -0.115. The van der Waals surface area contributed by atoms with E-state index < -0.39 is 0 Å². The lowest BCUT2D eigenvalue weighted by atomic mass is 10.00. The molecule has 0 spiro atoms. The predicted molar refractivity (Wildman–Crippen MR) is 129 cm³/mol. The van der Waals surface area contributed by atoms with Crippen LogP contribution in [-0.4, -0.2) is 17.6 Å².